The molecule has 0 bridgehead atoms. The summed E-state index contributed by atoms with van der Waals surface area (Å²) < 4.78 is 33.0. The Morgan fingerprint density at radius 3 is 2.22 bits per heavy atom. The van der Waals surface area contributed by atoms with Crippen LogP contribution in [-0.4, -0.2) is 31.2 Å². The highest BCUT2D eigenvalue weighted by atomic mass is 79.9. The summed E-state index contributed by atoms with van der Waals surface area (Å²) in [4.78, 5) is 46.9. The third-order valence-corrected chi connectivity index (χ3v) is 5.63. The van der Waals surface area contributed by atoms with Crippen LogP contribution >= 0.6 is 15.9 Å². The van der Waals surface area contributed by atoms with Gasteiger partial charge in [-0.05, 0) is 64.8 Å². The molecule has 2 aromatic heterocycles. The number of nitrogens with one attached hydrogen (secondary N) is 1. The van der Waals surface area contributed by atoms with Gasteiger partial charge in [0.1, 0.15) is 28.9 Å². The van der Waals surface area contributed by atoms with E-state index in [-0.39, 0.29) is 33.4 Å². The molecule has 2 aromatic carbocycles. The van der Waals surface area contributed by atoms with Crippen molar-refractivity contribution in [1.29, 1.82) is 0 Å². The van der Waals surface area contributed by atoms with E-state index in [4.69, 9.17) is 4.74 Å². The first-order valence-electron chi connectivity index (χ1n) is 10.9. The topological polar surface area (TPSA) is 107 Å². The fourth-order valence-corrected chi connectivity index (χ4v) is 3.80. The third kappa shape index (κ3) is 5.84. The van der Waals surface area contributed by atoms with Gasteiger partial charge >= 0.3 is 6.09 Å². The normalized spacial score (nSPS) is 11.4. The van der Waals surface area contributed by atoms with Crippen molar-refractivity contribution in [1.82, 2.24) is 19.5 Å². The number of alkyl halides is 1. The molecule has 0 aliphatic heterocycles. The maximum atomic E-state index is 13.8. The van der Waals surface area contributed by atoms with Crippen molar-refractivity contribution in [2.45, 2.75) is 52.5 Å². The van der Waals surface area contributed by atoms with Crippen LogP contribution in [-0.2, 0) is 10.1 Å². The molecule has 0 spiro atoms. The molecule has 190 valence electrons. The number of rotatable bonds is 1. The Bertz CT molecular complexity index is 1610. The number of hydrogen-bond donors (Lipinski definition) is 1. The Balaban J connectivity index is 0.000000221. The highest BCUT2D eigenvalue weighted by Gasteiger charge is 2.22. The summed E-state index contributed by atoms with van der Waals surface area (Å²) in [5.41, 5.74) is -0.144. The Kier molecular flexibility index (Phi) is 7.73. The van der Waals surface area contributed by atoms with E-state index in [1.807, 2.05) is 0 Å². The summed E-state index contributed by atoms with van der Waals surface area (Å²) in [6.07, 6.45) is -0.797. The van der Waals surface area contributed by atoms with Crippen LogP contribution in [0.15, 0.2) is 33.9 Å². The van der Waals surface area contributed by atoms with Crippen molar-refractivity contribution in [2.75, 3.05) is 0 Å². The second-order valence-corrected chi connectivity index (χ2v) is 9.70. The number of fused-ring (bicyclic) bond motifs is 2. The van der Waals surface area contributed by atoms with Gasteiger partial charge in [0.25, 0.3) is 11.1 Å². The van der Waals surface area contributed by atoms with E-state index >= 15 is 0 Å². The predicted molar refractivity (Wildman–Crippen MR) is 137 cm³/mol. The number of aryl methyl sites for hydroxylation is 3. The van der Waals surface area contributed by atoms with Crippen LogP contribution in [0.3, 0.4) is 0 Å². The van der Waals surface area contributed by atoms with E-state index in [0.29, 0.717) is 27.9 Å². The molecule has 1 N–H and O–H groups in total. The van der Waals surface area contributed by atoms with Crippen molar-refractivity contribution in [3.05, 3.63) is 79.4 Å². The lowest BCUT2D eigenvalue weighted by Gasteiger charge is -2.20. The van der Waals surface area contributed by atoms with E-state index in [1.165, 1.54) is 31.2 Å². The summed E-state index contributed by atoms with van der Waals surface area (Å²) in [6.45, 7) is 9.90. The van der Waals surface area contributed by atoms with Gasteiger partial charge in [0, 0.05) is 17.5 Å². The largest absolute Gasteiger partial charge is 0.443 e. The highest BCUT2D eigenvalue weighted by molar-refractivity contribution is 9.08. The molecule has 0 saturated heterocycles. The number of aromatic amines is 1. The van der Waals surface area contributed by atoms with E-state index < -0.39 is 23.1 Å². The molecule has 0 radical (unpaired) electrons. The van der Waals surface area contributed by atoms with Crippen LogP contribution in [0.1, 0.15) is 43.5 Å². The molecule has 4 aromatic rings. The molecule has 0 fully saturated rings. The molecule has 8 nitrogen and oxygen atoms in total. The second-order valence-electron chi connectivity index (χ2n) is 9.14. The van der Waals surface area contributed by atoms with Gasteiger partial charge in [-0.2, -0.15) is 4.57 Å². The zero-order chi connectivity index (χ0) is 26.9. The van der Waals surface area contributed by atoms with Crippen LogP contribution in [0.5, 0.6) is 0 Å². The molecule has 0 unspecified atom stereocenters. The fraction of sp³-hybridized carbons (Fsp3) is 0.320. The van der Waals surface area contributed by atoms with Crippen LogP contribution in [0.4, 0.5) is 13.6 Å². The van der Waals surface area contributed by atoms with Gasteiger partial charge in [-0.15, -0.1) is 0 Å². The predicted octanol–water partition coefficient (Wildman–Crippen LogP) is 5.20. The maximum absolute atomic E-state index is 13.8. The molecule has 36 heavy (non-hydrogen) atoms. The van der Waals surface area contributed by atoms with Crippen LogP contribution in [0, 0.1) is 32.4 Å². The number of nitrogens with zero attached hydrogens (tertiary/aromatic N) is 3. The summed E-state index contributed by atoms with van der Waals surface area (Å²) >= 11 is 3.16. The second kappa shape index (κ2) is 10.3. The smallest absolute Gasteiger partial charge is 0.422 e. The zero-order valence-electron chi connectivity index (χ0n) is 20.6. The lowest BCUT2D eigenvalue weighted by molar-refractivity contribution is 0.0526. The fourth-order valence-electron chi connectivity index (χ4n) is 3.37. The number of benzene rings is 2. The Morgan fingerprint density at radius 2 is 1.61 bits per heavy atom. The SMILES string of the molecule is Cc1nc2cc(F)c(C)cc2c(=O)[nH]1.Cc1nc2cc(F)c(CBr)cc2c(=O)n1C(=O)OC(C)(C)C. The number of carbonyl (C=O) groups is 1. The quantitative estimate of drug-likeness (QED) is 0.319. The van der Waals surface area contributed by atoms with E-state index in [0.717, 1.165) is 4.57 Å². The van der Waals surface area contributed by atoms with Gasteiger partial charge in [0.15, 0.2) is 0 Å². The molecule has 0 saturated carbocycles. The van der Waals surface area contributed by atoms with Crippen molar-refractivity contribution in [3.63, 3.8) is 0 Å². The molecule has 0 aliphatic rings. The van der Waals surface area contributed by atoms with Gasteiger partial charge in [-0.1, -0.05) is 15.9 Å². The Morgan fingerprint density at radius 1 is 1.00 bits per heavy atom. The number of aromatic nitrogens is 4. The molecule has 0 atom stereocenters. The summed E-state index contributed by atoms with van der Waals surface area (Å²) in [7, 11) is 0. The zero-order valence-corrected chi connectivity index (χ0v) is 22.2. The minimum Gasteiger partial charge on any atom is -0.443 e. The first-order chi connectivity index (χ1) is 16.7. The highest BCUT2D eigenvalue weighted by Crippen LogP contribution is 2.18. The first-order valence-corrected chi connectivity index (χ1v) is 12.0. The van der Waals surface area contributed by atoms with Gasteiger partial charge in [0.2, 0.25) is 0 Å². The first kappa shape index (κ1) is 27.1. The van der Waals surface area contributed by atoms with Gasteiger partial charge in [-0.3, -0.25) is 9.59 Å². The monoisotopic (exact) mass is 562 g/mol. The van der Waals surface area contributed by atoms with E-state index in [2.05, 4.69) is 30.9 Å². The Labute approximate surface area is 213 Å². The molecule has 4 rings (SSSR count). The number of H-pyrrole nitrogens is 1. The molecule has 0 amide bonds. The summed E-state index contributed by atoms with van der Waals surface area (Å²) in [6, 6.07) is 5.39. The van der Waals surface area contributed by atoms with Crippen LogP contribution in [0.25, 0.3) is 21.8 Å². The summed E-state index contributed by atoms with van der Waals surface area (Å²) in [5.74, 6) is -0.149. The molecule has 0 aliphatic carbocycles. The van der Waals surface area contributed by atoms with Crippen molar-refractivity contribution < 1.29 is 18.3 Å². The average molecular weight is 563 g/mol. The lowest BCUT2D eigenvalue weighted by atomic mass is 10.1. The van der Waals surface area contributed by atoms with Gasteiger partial charge in [-0.25, -0.2) is 23.5 Å². The molecular weight excluding hydrogens is 538 g/mol. The number of halogens is 3. The minimum atomic E-state index is -0.797. The minimum absolute atomic E-state index is 0.151. The molecular formula is C25H25BrF2N4O4. The van der Waals surface area contributed by atoms with Crippen LogP contribution < -0.4 is 11.1 Å². The number of carbonyl (C=O) groups excluding carboxylic acids is 1. The molecule has 2 heterocycles. The number of hydrogen-bond acceptors (Lipinski definition) is 6. The molecule has 11 heteroatoms. The Hall–Kier alpha value is -3.47. The standard InChI is InChI=1S/C15H16BrFN2O3.C10H9FN2O/c1-8-18-12-6-11(17)9(7-16)5-10(12)13(20)19(8)14(21)22-15(2,3)4;1-5-3-7-9(4-8(5)11)12-6(2)13-10(7)14/h5-6H,7H2,1-4H3;3-4H,1-2H3,(H,12,13,14). The van der Waals surface area contributed by atoms with Gasteiger partial charge < -0.3 is 9.72 Å². The lowest BCUT2D eigenvalue weighted by Crippen LogP contribution is -2.35. The maximum Gasteiger partial charge on any atom is 0.422 e. The van der Waals surface area contributed by atoms with Crippen molar-refractivity contribution in [2.24, 2.45) is 0 Å². The van der Waals surface area contributed by atoms with Gasteiger partial charge in [0.05, 0.1) is 21.8 Å². The average Bonchev–Trinajstić information content (AvgIpc) is 2.74. The van der Waals surface area contributed by atoms with Crippen LogP contribution in [0.2, 0.25) is 0 Å². The number of ether oxygens (including phenoxy) is 1. The third-order valence-electron chi connectivity index (χ3n) is 5.03. The van der Waals surface area contributed by atoms with Crippen molar-refractivity contribution >= 4 is 43.8 Å². The van der Waals surface area contributed by atoms with E-state index in [9.17, 15) is 23.2 Å². The van der Waals surface area contributed by atoms with E-state index in [1.54, 1.807) is 34.6 Å². The van der Waals surface area contributed by atoms with Crippen molar-refractivity contribution in [3.8, 4) is 0 Å². The summed E-state index contributed by atoms with van der Waals surface area (Å²) in [5, 5.41) is 0.857.